The number of Topliss-reactive ketones (excluding diaryl/α,β-unsaturated/α-hetero) is 3. The summed E-state index contributed by atoms with van der Waals surface area (Å²) in [7, 11) is 0. The predicted octanol–water partition coefficient (Wildman–Crippen LogP) is 3.76. The maximum Gasteiger partial charge on any atom is 0.146 e. The van der Waals surface area contributed by atoms with E-state index in [0.29, 0.717) is 6.42 Å². The molecule has 2 bridgehead atoms. The Morgan fingerprint density at radius 1 is 1.13 bits per heavy atom. The van der Waals surface area contributed by atoms with Gasteiger partial charge in [-0.25, -0.2) is 0 Å². The first-order chi connectivity index (χ1) is 10.6. The largest absolute Gasteiger partial charge is 0.299 e. The summed E-state index contributed by atoms with van der Waals surface area (Å²) in [4.78, 5) is 39.2. The molecule has 0 aromatic heterocycles. The van der Waals surface area contributed by atoms with E-state index in [1.165, 1.54) is 0 Å². The van der Waals surface area contributed by atoms with Gasteiger partial charge in [0, 0.05) is 30.1 Å². The number of rotatable bonds is 1. The molecule has 0 amide bonds. The van der Waals surface area contributed by atoms with E-state index < -0.39 is 10.8 Å². The second kappa shape index (κ2) is 4.87. The van der Waals surface area contributed by atoms with Gasteiger partial charge in [0.15, 0.2) is 0 Å². The van der Waals surface area contributed by atoms with Crippen LogP contribution in [0.2, 0.25) is 0 Å². The Kier molecular flexibility index (Phi) is 3.52. The molecule has 0 aromatic rings. The van der Waals surface area contributed by atoms with Crippen LogP contribution in [0.15, 0.2) is 12.7 Å². The van der Waals surface area contributed by atoms with Gasteiger partial charge >= 0.3 is 0 Å². The van der Waals surface area contributed by atoms with Crippen LogP contribution in [0.25, 0.3) is 0 Å². The van der Waals surface area contributed by atoms with Crippen molar-refractivity contribution in [2.45, 2.75) is 59.8 Å². The summed E-state index contributed by atoms with van der Waals surface area (Å²) in [6, 6.07) is 0. The van der Waals surface area contributed by atoms with Crippen molar-refractivity contribution in [2.24, 2.45) is 34.0 Å². The summed E-state index contributed by atoms with van der Waals surface area (Å²) in [6.07, 6.45) is 4.92. The molecular weight excluding hydrogens is 288 g/mol. The van der Waals surface area contributed by atoms with Crippen molar-refractivity contribution < 1.29 is 14.4 Å². The minimum atomic E-state index is -0.807. The Balaban J connectivity index is 2.25. The van der Waals surface area contributed by atoms with Crippen LogP contribution in [0, 0.1) is 34.0 Å². The van der Waals surface area contributed by atoms with E-state index in [9.17, 15) is 14.4 Å². The van der Waals surface area contributed by atoms with Crippen molar-refractivity contribution in [1.82, 2.24) is 0 Å². The zero-order valence-corrected chi connectivity index (χ0v) is 14.8. The fourth-order valence-corrected chi connectivity index (χ4v) is 5.89. The van der Waals surface area contributed by atoms with Crippen LogP contribution in [0.4, 0.5) is 0 Å². The lowest BCUT2D eigenvalue weighted by Gasteiger charge is -2.57. The lowest BCUT2D eigenvalue weighted by atomic mass is 9.44. The van der Waals surface area contributed by atoms with Gasteiger partial charge < -0.3 is 0 Å². The average Bonchev–Trinajstić information content (AvgIpc) is 2.87. The van der Waals surface area contributed by atoms with Crippen LogP contribution in [0.5, 0.6) is 0 Å². The highest BCUT2D eigenvalue weighted by molar-refractivity contribution is 6.01. The monoisotopic (exact) mass is 316 g/mol. The molecule has 3 nitrogen and oxygen atoms in total. The molecule has 0 heterocycles. The van der Waals surface area contributed by atoms with E-state index >= 15 is 0 Å². The Morgan fingerprint density at radius 2 is 1.78 bits per heavy atom. The summed E-state index contributed by atoms with van der Waals surface area (Å²) in [5, 5.41) is 0. The van der Waals surface area contributed by atoms with Crippen LogP contribution in [-0.4, -0.2) is 17.3 Å². The summed E-state index contributed by atoms with van der Waals surface area (Å²) < 4.78 is 0. The Labute approximate surface area is 138 Å². The average molecular weight is 316 g/mol. The number of hydrogen-bond acceptors (Lipinski definition) is 3. The smallest absolute Gasteiger partial charge is 0.146 e. The van der Waals surface area contributed by atoms with Gasteiger partial charge in [-0.1, -0.05) is 26.8 Å². The Morgan fingerprint density at radius 3 is 2.39 bits per heavy atom. The minimum absolute atomic E-state index is 0.0805. The second-order valence-electron chi connectivity index (χ2n) is 8.66. The lowest BCUT2D eigenvalue weighted by Crippen LogP contribution is -2.60. The molecule has 0 spiro atoms. The molecule has 0 radical (unpaired) electrons. The maximum atomic E-state index is 13.3. The maximum absolute atomic E-state index is 13.3. The quantitative estimate of drug-likeness (QED) is 0.692. The predicted molar refractivity (Wildman–Crippen MR) is 88.8 cm³/mol. The van der Waals surface area contributed by atoms with Gasteiger partial charge in [0.2, 0.25) is 0 Å². The summed E-state index contributed by atoms with van der Waals surface area (Å²) in [5.74, 6) is 0.0921. The molecule has 3 fully saturated rings. The summed E-state index contributed by atoms with van der Waals surface area (Å²) in [6.45, 7) is 11.8. The van der Waals surface area contributed by atoms with Gasteiger partial charge in [-0.3, -0.25) is 14.4 Å². The van der Waals surface area contributed by atoms with Crippen LogP contribution < -0.4 is 0 Å². The van der Waals surface area contributed by atoms with Crippen LogP contribution in [0.1, 0.15) is 59.8 Å². The minimum Gasteiger partial charge on any atom is -0.299 e. The van der Waals surface area contributed by atoms with Crippen molar-refractivity contribution in [3.8, 4) is 0 Å². The topological polar surface area (TPSA) is 51.2 Å². The molecule has 0 aromatic carbocycles. The molecule has 0 N–H and O–H groups in total. The highest BCUT2D eigenvalue weighted by atomic mass is 16.1. The number of hydrogen-bond donors (Lipinski definition) is 0. The first-order valence-corrected chi connectivity index (χ1v) is 8.87. The van der Waals surface area contributed by atoms with Gasteiger partial charge in [0.05, 0.1) is 5.41 Å². The van der Waals surface area contributed by atoms with Crippen molar-refractivity contribution in [2.75, 3.05) is 0 Å². The van der Waals surface area contributed by atoms with Crippen LogP contribution in [-0.2, 0) is 14.4 Å². The van der Waals surface area contributed by atoms with Crippen molar-refractivity contribution in [3.05, 3.63) is 12.7 Å². The molecule has 3 heteroatoms. The van der Waals surface area contributed by atoms with Crippen LogP contribution in [0.3, 0.4) is 0 Å². The fourth-order valence-electron chi connectivity index (χ4n) is 5.89. The Bertz CT molecular complexity index is 606. The SMILES string of the molecule is C=CC1(C)CC(=O)C2(C)C(C)CCC3(CCC(=O)C32)C(C)C1=O. The molecule has 3 aliphatic rings. The van der Waals surface area contributed by atoms with E-state index in [0.717, 1.165) is 19.3 Å². The van der Waals surface area contributed by atoms with Gasteiger partial charge in [0.1, 0.15) is 17.3 Å². The molecule has 126 valence electrons. The molecule has 23 heavy (non-hydrogen) atoms. The molecule has 3 rings (SSSR count). The first-order valence-electron chi connectivity index (χ1n) is 8.87. The third-order valence-electron chi connectivity index (χ3n) is 7.80. The molecule has 3 saturated carbocycles. The third-order valence-corrected chi connectivity index (χ3v) is 7.80. The second-order valence-corrected chi connectivity index (χ2v) is 8.66. The van der Waals surface area contributed by atoms with Gasteiger partial charge in [-0.2, -0.15) is 0 Å². The highest BCUT2D eigenvalue weighted by Gasteiger charge is 2.67. The molecule has 3 aliphatic carbocycles. The zero-order valence-electron chi connectivity index (χ0n) is 14.8. The zero-order chi connectivity index (χ0) is 17.2. The molecule has 0 aliphatic heterocycles. The van der Waals surface area contributed by atoms with Crippen molar-refractivity contribution in [1.29, 1.82) is 0 Å². The number of carbonyl (C=O) groups is 3. The summed E-state index contributed by atoms with van der Waals surface area (Å²) >= 11 is 0. The van der Waals surface area contributed by atoms with E-state index in [1.54, 1.807) is 6.08 Å². The van der Waals surface area contributed by atoms with Crippen LogP contribution >= 0.6 is 0 Å². The van der Waals surface area contributed by atoms with Gasteiger partial charge in [-0.05, 0) is 37.5 Å². The van der Waals surface area contributed by atoms with E-state index in [-0.39, 0.29) is 46.9 Å². The summed E-state index contributed by atoms with van der Waals surface area (Å²) in [5.41, 5.74) is -1.76. The molecular formula is C20H28O3. The normalized spacial score (nSPS) is 50.3. The van der Waals surface area contributed by atoms with E-state index in [2.05, 4.69) is 13.5 Å². The van der Waals surface area contributed by atoms with Crippen molar-refractivity contribution >= 4 is 17.3 Å². The molecule has 6 unspecified atom stereocenters. The standard InChI is InChI=1S/C20H28O3/c1-6-18(4)11-15(22)19(5)12(2)7-9-20(13(3)17(18)23)10-8-14(21)16(19)20/h6,12-13,16H,1,7-11H2,2-5H3. The number of ketones is 3. The molecule has 6 atom stereocenters. The van der Waals surface area contributed by atoms with Crippen molar-refractivity contribution in [3.63, 3.8) is 0 Å². The fraction of sp³-hybridized carbons (Fsp3) is 0.750. The number of carbonyl (C=O) groups excluding carboxylic acids is 3. The lowest BCUT2D eigenvalue weighted by molar-refractivity contribution is -0.166. The number of allylic oxidation sites excluding steroid dienone is 1. The van der Waals surface area contributed by atoms with Gasteiger partial charge in [-0.15, -0.1) is 6.58 Å². The highest BCUT2D eigenvalue weighted by Crippen LogP contribution is 2.65. The van der Waals surface area contributed by atoms with Gasteiger partial charge in [0.25, 0.3) is 0 Å². The van der Waals surface area contributed by atoms with E-state index in [1.807, 2.05) is 20.8 Å². The Hall–Kier alpha value is -1.25. The van der Waals surface area contributed by atoms with E-state index in [4.69, 9.17) is 0 Å². The first kappa shape index (κ1) is 16.6. The molecule has 0 saturated heterocycles. The third kappa shape index (κ3) is 1.85.